The van der Waals surface area contributed by atoms with Crippen LogP contribution in [0.1, 0.15) is 46.0 Å². The summed E-state index contributed by atoms with van der Waals surface area (Å²) in [6.45, 7) is 4.61. The van der Waals surface area contributed by atoms with Gasteiger partial charge < -0.3 is 10.5 Å². The smallest absolute Gasteiger partial charge is 0.328 e. The molecule has 0 fully saturated rings. The van der Waals surface area contributed by atoms with Gasteiger partial charge in [0, 0.05) is 0 Å². The average molecular weight is 186 g/mol. The lowest BCUT2D eigenvalue weighted by Gasteiger charge is -2.09. The standard InChI is InChI=1S/C10H20NO2/c1-3-5-7-9(11)10(12)13-8-6-4-2/h3-8,11H2,1-2H3. The Labute approximate surface area is 80.6 Å². The minimum atomic E-state index is -0.332. The summed E-state index contributed by atoms with van der Waals surface area (Å²) in [6, 6.07) is 0.359. The average Bonchev–Trinajstić information content (AvgIpc) is 2.14. The van der Waals surface area contributed by atoms with Crippen molar-refractivity contribution < 1.29 is 9.53 Å². The van der Waals surface area contributed by atoms with Crippen molar-refractivity contribution in [1.82, 2.24) is 0 Å². The van der Waals surface area contributed by atoms with Gasteiger partial charge in [-0.3, -0.25) is 0 Å². The molecule has 0 aliphatic carbocycles. The quantitative estimate of drug-likeness (QED) is 0.489. The van der Waals surface area contributed by atoms with E-state index in [0.29, 0.717) is 19.1 Å². The van der Waals surface area contributed by atoms with Gasteiger partial charge in [-0.05, 0) is 12.8 Å². The topological polar surface area (TPSA) is 52.3 Å². The van der Waals surface area contributed by atoms with Crippen LogP contribution in [0.15, 0.2) is 0 Å². The van der Waals surface area contributed by atoms with E-state index >= 15 is 0 Å². The Morgan fingerprint density at radius 2 is 1.85 bits per heavy atom. The second kappa shape index (κ2) is 8.05. The lowest BCUT2D eigenvalue weighted by atomic mass is 10.1. The van der Waals surface area contributed by atoms with Gasteiger partial charge in [0.2, 0.25) is 0 Å². The van der Waals surface area contributed by atoms with E-state index in [4.69, 9.17) is 10.5 Å². The van der Waals surface area contributed by atoms with Crippen LogP contribution in [-0.2, 0) is 9.53 Å². The van der Waals surface area contributed by atoms with Gasteiger partial charge >= 0.3 is 5.97 Å². The van der Waals surface area contributed by atoms with E-state index in [1.165, 1.54) is 0 Å². The first kappa shape index (κ1) is 12.4. The molecule has 0 aromatic heterocycles. The SMILES string of the molecule is CCCCOC(=O)[C](N)CCCC. The van der Waals surface area contributed by atoms with Crippen molar-refractivity contribution in [3.63, 3.8) is 0 Å². The Hall–Kier alpha value is -0.570. The molecule has 3 nitrogen and oxygen atoms in total. The molecule has 13 heavy (non-hydrogen) atoms. The fourth-order valence-electron chi connectivity index (χ4n) is 0.871. The van der Waals surface area contributed by atoms with E-state index in [2.05, 4.69) is 13.8 Å². The van der Waals surface area contributed by atoms with Crippen LogP contribution in [0.2, 0.25) is 0 Å². The minimum Gasteiger partial charge on any atom is -0.464 e. The molecule has 3 heteroatoms. The maximum atomic E-state index is 11.1. The highest BCUT2D eigenvalue weighted by Crippen LogP contribution is 2.06. The van der Waals surface area contributed by atoms with E-state index in [-0.39, 0.29) is 5.97 Å². The largest absolute Gasteiger partial charge is 0.464 e. The second-order valence-electron chi connectivity index (χ2n) is 3.12. The van der Waals surface area contributed by atoms with Crippen LogP contribution in [0, 0.1) is 6.04 Å². The third-order valence-electron chi connectivity index (χ3n) is 1.79. The highest BCUT2D eigenvalue weighted by Gasteiger charge is 2.14. The molecule has 0 unspecified atom stereocenters. The molecule has 0 aromatic carbocycles. The van der Waals surface area contributed by atoms with Gasteiger partial charge in [0.15, 0.2) is 0 Å². The van der Waals surface area contributed by atoms with Crippen LogP contribution in [-0.4, -0.2) is 12.6 Å². The zero-order valence-electron chi connectivity index (χ0n) is 8.64. The van der Waals surface area contributed by atoms with Crippen molar-refractivity contribution in [1.29, 1.82) is 0 Å². The van der Waals surface area contributed by atoms with Gasteiger partial charge in [-0.1, -0.05) is 33.1 Å². The fourth-order valence-corrected chi connectivity index (χ4v) is 0.871. The molecule has 0 saturated carbocycles. The molecule has 0 atom stereocenters. The summed E-state index contributed by atoms with van der Waals surface area (Å²) in [5.74, 6) is -0.332. The molecular formula is C10H20NO2. The summed E-state index contributed by atoms with van der Waals surface area (Å²) in [7, 11) is 0. The molecular weight excluding hydrogens is 166 g/mol. The number of rotatable bonds is 7. The van der Waals surface area contributed by atoms with Crippen LogP contribution in [0.4, 0.5) is 0 Å². The number of carbonyl (C=O) groups excluding carboxylic acids is 1. The number of ether oxygens (including phenoxy) is 1. The summed E-state index contributed by atoms with van der Waals surface area (Å²) in [6.07, 6.45) is 4.59. The van der Waals surface area contributed by atoms with Gasteiger partial charge in [0.05, 0.1) is 6.61 Å². The molecule has 2 N–H and O–H groups in total. The first-order valence-electron chi connectivity index (χ1n) is 5.00. The number of carbonyl (C=O) groups is 1. The Kier molecular flexibility index (Phi) is 7.69. The molecule has 77 valence electrons. The number of hydrogen-bond acceptors (Lipinski definition) is 3. The summed E-state index contributed by atoms with van der Waals surface area (Å²) < 4.78 is 4.94. The van der Waals surface area contributed by atoms with Crippen LogP contribution < -0.4 is 5.73 Å². The first-order valence-corrected chi connectivity index (χ1v) is 5.00. The lowest BCUT2D eigenvalue weighted by Crippen LogP contribution is -2.23. The molecule has 0 amide bonds. The zero-order chi connectivity index (χ0) is 10.1. The molecule has 0 aromatic rings. The first-order chi connectivity index (χ1) is 6.22. The van der Waals surface area contributed by atoms with Crippen LogP contribution >= 0.6 is 0 Å². The van der Waals surface area contributed by atoms with Crippen molar-refractivity contribution in [3.05, 3.63) is 6.04 Å². The number of nitrogens with two attached hydrogens (primary N) is 1. The summed E-state index contributed by atoms with van der Waals surface area (Å²) >= 11 is 0. The predicted octanol–water partition coefficient (Wildman–Crippen LogP) is 2.01. The summed E-state index contributed by atoms with van der Waals surface area (Å²) in [5.41, 5.74) is 5.53. The van der Waals surface area contributed by atoms with Gasteiger partial charge in [-0.25, -0.2) is 4.79 Å². The molecule has 0 rings (SSSR count). The number of hydrogen-bond donors (Lipinski definition) is 1. The van der Waals surface area contributed by atoms with Gasteiger partial charge in [-0.15, -0.1) is 0 Å². The highest BCUT2D eigenvalue weighted by atomic mass is 16.5. The Morgan fingerprint density at radius 3 is 2.38 bits per heavy atom. The van der Waals surface area contributed by atoms with Crippen molar-refractivity contribution >= 4 is 5.97 Å². The second-order valence-corrected chi connectivity index (χ2v) is 3.12. The molecule has 0 aliphatic rings. The third-order valence-corrected chi connectivity index (χ3v) is 1.79. The van der Waals surface area contributed by atoms with E-state index < -0.39 is 0 Å². The zero-order valence-corrected chi connectivity index (χ0v) is 8.64. The van der Waals surface area contributed by atoms with Crippen molar-refractivity contribution in [3.8, 4) is 0 Å². The van der Waals surface area contributed by atoms with Crippen LogP contribution in [0.25, 0.3) is 0 Å². The Morgan fingerprint density at radius 1 is 1.23 bits per heavy atom. The van der Waals surface area contributed by atoms with Crippen molar-refractivity contribution in [2.45, 2.75) is 46.0 Å². The molecule has 0 saturated heterocycles. The monoisotopic (exact) mass is 186 g/mol. The summed E-state index contributed by atoms with van der Waals surface area (Å²) in [5, 5.41) is 0. The number of esters is 1. The molecule has 0 bridgehead atoms. The Bertz CT molecular complexity index is 137. The minimum absolute atomic E-state index is 0.332. The molecule has 0 heterocycles. The predicted molar refractivity (Wildman–Crippen MR) is 52.8 cm³/mol. The van der Waals surface area contributed by atoms with E-state index in [1.807, 2.05) is 0 Å². The van der Waals surface area contributed by atoms with Crippen molar-refractivity contribution in [2.24, 2.45) is 5.73 Å². The van der Waals surface area contributed by atoms with Gasteiger partial charge in [-0.2, -0.15) is 0 Å². The fraction of sp³-hybridized carbons (Fsp3) is 0.800. The van der Waals surface area contributed by atoms with E-state index in [9.17, 15) is 4.79 Å². The summed E-state index contributed by atoms with van der Waals surface area (Å²) in [4.78, 5) is 11.1. The third kappa shape index (κ3) is 6.58. The van der Waals surface area contributed by atoms with Crippen LogP contribution in [0.5, 0.6) is 0 Å². The van der Waals surface area contributed by atoms with E-state index in [1.54, 1.807) is 0 Å². The maximum Gasteiger partial charge on any atom is 0.328 e. The highest BCUT2D eigenvalue weighted by molar-refractivity contribution is 5.83. The van der Waals surface area contributed by atoms with Crippen molar-refractivity contribution in [2.75, 3.05) is 6.61 Å². The lowest BCUT2D eigenvalue weighted by molar-refractivity contribution is -0.141. The normalized spacial score (nSPS) is 10.5. The van der Waals surface area contributed by atoms with Gasteiger partial charge in [0.25, 0.3) is 0 Å². The van der Waals surface area contributed by atoms with E-state index in [0.717, 1.165) is 25.7 Å². The maximum absolute atomic E-state index is 11.1. The van der Waals surface area contributed by atoms with Crippen LogP contribution in [0.3, 0.4) is 0 Å². The molecule has 0 aliphatic heterocycles. The Balaban J connectivity index is 3.45. The molecule has 0 spiro atoms. The van der Waals surface area contributed by atoms with Gasteiger partial charge in [0.1, 0.15) is 6.04 Å². The molecule has 1 radical (unpaired) electrons. The number of unbranched alkanes of at least 4 members (excludes halogenated alkanes) is 2.